The molecular formula is C120H120N24. The van der Waals surface area contributed by atoms with Gasteiger partial charge in [-0.25, -0.2) is 59.8 Å². The van der Waals surface area contributed by atoms with Crippen LogP contribution in [0.15, 0.2) is 294 Å². The Kier molecular flexibility index (Phi) is 35.8. The minimum absolute atomic E-state index is 0.964. The first-order valence-electron chi connectivity index (χ1n) is 47.5. The van der Waals surface area contributed by atoms with Crippen LogP contribution in [0.3, 0.4) is 0 Å². The fourth-order valence-electron chi connectivity index (χ4n) is 15.4. The Hall–Kier alpha value is -17.3. The molecule has 0 amide bonds. The SMILES string of the molecule is Cc1cc(C)c2nccnc2c1.Cc1cc(C)c2ncncc2c1.Cc1cc2cncnc2cc1C.Cc1cc2nccnc2cc1C.Cc1ccc(C)c2nccnc12.Cc1ccc2cncnc2c1C.Cc1ccc2nc(C)cnc2c1.Cc1ccc2ncc(C)nc2c1.Cc1ccc2nccnc2c1C.Cc1cnc2c(C)cccc2n1.Cc1cnc2cccc(C)c2n1.Cc1nc2ccccc2nc1C. The Morgan fingerprint density at radius 3 is 1.12 bits per heavy atom. The minimum Gasteiger partial charge on any atom is -0.253 e. The van der Waals surface area contributed by atoms with Gasteiger partial charge in [-0.3, -0.25) is 59.8 Å². The first kappa shape index (κ1) is 104. The molecule has 12 heterocycles. The van der Waals surface area contributed by atoms with Gasteiger partial charge in [-0.15, -0.1) is 0 Å². The number of hydrogen-bond acceptors (Lipinski definition) is 24. The molecule has 0 atom stereocenters. The summed E-state index contributed by atoms with van der Waals surface area (Å²) in [6, 6.07) is 61.3. The van der Waals surface area contributed by atoms with E-state index in [1.807, 2.05) is 152 Å². The highest BCUT2D eigenvalue weighted by Gasteiger charge is 2.10. The number of para-hydroxylation sites is 4. The Labute approximate surface area is 840 Å². The Balaban J connectivity index is 0.000000132. The third-order valence-electron chi connectivity index (χ3n) is 23.9. The van der Waals surface area contributed by atoms with E-state index in [1.54, 1.807) is 93.3 Å². The van der Waals surface area contributed by atoms with Crippen LogP contribution in [0.2, 0.25) is 0 Å². The van der Waals surface area contributed by atoms with Crippen molar-refractivity contribution >= 4 is 132 Å². The lowest BCUT2D eigenvalue weighted by Crippen LogP contribution is -1.92. The molecule has 12 aromatic carbocycles. The minimum atomic E-state index is 0.964. The molecule has 0 unspecified atom stereocenters. The molecule has 144 heavy (non-hydrogen) atoms. The molecule has 24 rings (SSSR count). The van der Waals surface area contributed by atoms with Crippen molar-refractivity contribution in [2.75, 3.05) is 0 Å². The summed E-state index contributed by atoms with van der Waals surface area (Å²) in [4.78, 5) is 102. The molecule has 0 radical (unpaired) electrons. The summed E-state index contributed by atoms with van der Waals surface area (Å²) in [5.41, 5.74) is 49.0. The van der Waals surface area contributed by atoms with Gasteiger partial charge in [-0.05, 0) is 352 Å². The molecule has 0 saturated heterocycles. The number of aryl methyl sites for hydroxylation is 24. The topological polar surface area (TPSA) is 309 Å². The smallest absolute Gasteiger partial charge is 0.116 e. The van der Waals surface area contributed by atoms with Crippen LogP contribution in [0, 0.1) is 166 Å². The Bertz CT molecular complexity index is 7930. The largest absolute Gasteiger partial charge is 0.253 e. The van der Waals surface area contributed by atoms with E-state index in [4.69, 9.17) is 0 Å². The van der Waals surface area contributed by atoms with Gasteiger partial charge < -0.3 is 0 Å². The molecule has 720 valence electrons. The molecule has 0 saturated carbocycles. The maximum Gasteiger partial charge on any atom is 0.116 e. The van der Waals surface area contributed by atoms with E-state index in [0.29, 0.717) is 0 Å². The first-order valence-corrected chi connectivity index (χ1v) is 47.5. The van der Waals surface area contributed by atoms with Crippen molar-refractivity contribution in [2.24, 2.45) is 0 Å². The van der Waals surface area contributed by atoms with Crippen molar-refractivity contribution in [2.45, 2.75) is 166 Å². The third kappa shape index (κ3) is 28.3. The van der Waals surface area contributed by atoms with Crippen molar-refractivity contribution in [3.63, 3.8) is 0 Å². The van der Waals surface area contributed by atoms with E-state index < -0.39 is 0 Å². The highest BCUT2D eigenvalue weighted by atomic mass is 14.9. The average Bonchev–Trinajstić information content (AvgIpc) is 0.821. The lowest BCUT2D eigenvalue weighted by molar-refractivity contribution is 1.10. The molecule has 24 heteroatoms. The van der Waals surface area contributed by atoms with Gasteiger partial charge in [0.2, 0.25) is 0 Å². The monoisotopic (exact) mass is 1900 g/mol. The van der Waals surface area contributed by atoms with Gasteiger partial charge in [-0.1, -0.05) is 96.6 Å². The standard InChI is InChI=1S/12C10H10N2/c1-7-3-9-5-11-6-12-10(9)4-8(7)2;1-7-3-8(2)10-9(4-7)5-11-6-12-10;1-7-5-9-10(6-8(7)2)12-4-3-11-9;1-7-5-8(2)10-9(6-7)11-3-4-12-10;1-7-3-4-9-5-11-6-12-10(9)8(7)2;1-7-3-4-9-10(5-7)11-6-8(2)12-9;1-7-3-4-9-10(5-7)12-8(2)6-11-9;1-7-3-4-9-10(8(7)2)12-6-5-11-9;1-7-3-4-8(2)10-9(7)11-5-6-12-10;1-7-4-3-5-9-10(7)11-6-8(2)12-9;1-7-4-3-5-9-10(7)12-8(2)6-11-9;1-7-8(2)12-10-6-4-3-5-9(10)11-7/h12*3-6H,1-2H3. The third-order valence-corrected chi connectivity index (χ3v) is 23.9. The van der Waals surface area contributed by atoms with Gasteiger partial charge in [-0.2, -0.15) is 0 Å². The lowest BCUT2D eigenvalue weighted by Gasteiger charge is -2.02. The van der Waals surface area contributed by atoms with E-state index in [1.165, 1.54) is 100 Å². The molecule has 0 fully saturated rings. The molecular weight excluding hydrogens is 1780 g/mol. The van der Waals surface area contributed by atoms with Crippen LogP contribution in [0.25, 0.3) is 132 Å². The van der Waals surface area contributed by atoms with Gasteiger partial charge in [0.15, 0.2) is 0 Å². The summed E-state index contributed by atoms with van der Waals surface area (Å²) in [5, 5.41) is 3.34. The van der Waals surface area contributed by atoms with E-state index in [0.717, 1.165) is 166 Å². The van der Waals surface area contributed by atoms with Gasteiger partial charge in [0.05, 0.1) is 150 Å². The van der Waals surface area contributed by atoms with Crippen LogP contribution in [-0.2, 0) is 0 Å². The molecule has 24 aromatic rings. The van der Waals surface area contributed by atoms with Crippen LogP contribution < -0.4 is 0 Å². The predicted octanol–water partition coefficient (Wildman–Crippen LogP) is 27.0. The molecule has 0 aliphatic carbocycles. The second-order valence-corrected chi connectivity index (χ2v) is 35.7. The summed E-state index contributed by atoms with van der Waals surface area (Å²) in [6.07, 6.45) is 31.3. The zero-order valence-electron chi connectivity index (χ0n) is 86.4. The van der Waals surface area contributed by atoms with Gasteiger partial charge in [0, 0.05) is 109 Å². The average molecular weight is 1900 g/mol. The zero-order chi connectivity index (χ0) is 103. The quantitative estimate of drug-likeness (QED) is 0.136. The number of aromatic nitrogens is 24. The fraction of sp³-hybridized carbons (Fsp3) is 0.200. The van der Waals surface area contributed by atoms with E-state index in [9.17, 15) is 0 Å². The summed E-state index contributed by atoms with van der Waals surface area (Å²) in [6.45, 7) is 49.1. The Morgan fingerprint density at radius 1 is 0.153 bits per heavy atom. The van der Waals surface area contributed by atoms with Crippen molar-refractivity contribution in [1.29, 1.82) is 0 Å². The Morgan fingerprint density at radius 2 is 0.521 bits per heavy atom. The zero-order valence-corrected chi connectivity index (χ0v) is 86.4. The second-order valence-electron chi connectivity index (χ2n) is 35.7. The predicted molar refractivity (Wildman–Crippen MR) is 588 cm³/mol. The fourth-order valence-corrected chi connectivity index (χ4v) is 15.4. The highest BCUT2D eigenvalue weighted by Crippen LogP contribution is 2.25. The van der Waals surface area contributed by atoms with Crippen molar-refractivity contribution in [1.82, 2.24) is 120 Å². The summed E-state index contributed by atoms with van der Waals surface area (Å²) in [5.74, 6) is 0. The second kappa shape index (κ2) is 49.5. The number of rotatable bonds is 0. The van der Waals surface area contributed by atoms with Gasteiger partial charge in [0.1, 0.15) is 19.0 Å². The van der Waals surface area contributed by atoms with Crippen LogP contribution in [-0.4, -0.2) is 120 Å². The molecule has 0 bridgehead atoms. The van der Waals surface area contributed by atoms with Crippen molar-refractivity contribution in [3.8, 4) is 0 Å². The van der Waals surface area contributed by atoms with Crippen LogP contribution >= 0.6 is 0 Å². The number of nitrogens with zero attached hydrogens (tertiary/aromatic N) is 24. The van der Waals surface area contributed by atoms with Crippen LogP contribution in [0.5, 0.6) is 0 Å². The van der Waals surface area contributed by atoms with E-state index >= 15 is 0 Å². The van der Waals surface area contributed by atoms with Gasteiger partial charge >= 0.3 is 0 Å². The number of benzene rings is 12. The molecule has 0 N–H and O–H groups in total. The summed E-state index contributed by atoms with van der Waals surface area (Å²) >= 11 is 0. The molecule has 0 aliphatic heterocycles. The normalized spacial score (nSPS) is 10.5. The summed E-state index contributed by atoms with van der Waals surface area (Å²) < 4.78 is 0. The first-order chi connectivity index (χ1) is 69.3. The van der Waals surface area contributed by atoms with Crippen LogP contribution in [0.4, 0.5) is 0 Å². The molecule has 0 spiro atoms. The van der Waals surface area contributed by atoms with Crippen molar-refractivity contribution < 1.29 is 0 Å². The molecule has 12 aromatic heterocycles. The number of fused-ring (bicyclic) bond motifs is 12. The molecule has 0 aliphatic rings. The number of hydrogen-bond donors (Lipinski definition) is 0. The highest BCUT2D eigenvalue weighted by molar-refractivity contribution is 5.86. The van der Waals surface area contributed by atoms with E-state index in [-0.39, 0.29) is 0 Å². The maximum absolute atomic E-state index is 4.41. The van der Waals surface area contributed by atoms with Gasteiger partial charge in [0.25, 0.3) is 0 Å². The maximum atomic E-state index is 4.41. The lowest BCUT2D eigenvalue weighted by atomic mass is 10.1. The summed E-state index contributed by atoms with van der Waals surface area (Å²) in [7, 11) is 0. The molecule has 24 nitrogen and oxygen atoms in total. The van der Waals surface area contributed by atoms with Crippen LogP contribution in [0.1, 0.15) is 134 Å². The van der Waals surface area contributed by atoms with E-state index in [2.05, 4.69) is 334 Å². The van der Waals surface area contributed by atoms with Crippen molar-refractivity contribution in [3.05, 3.63) is 428 Å².